The van der Waals surface area contributed by atoms with Crippen molar-refractivity contribution in [2.24, 2.45) is 5.41 Å². The van der Waals surface area contributed by atoms with Gasteiger partial charge < -0.3 is 5.11 Å². The minimum atomic E-state index is -0.856. The van der Waals surface area contributed by atoms with Gasteiger partial charge in [-0.05, 0) is 52.4 Å². The summed E-state index contributed by atoms with van der Waals surface area (Å²) in [4.78, 5) is 23.5. The smallest absolute Gasteiger partial charge is 0.303 e. The van der Waals surface area contributed by atoms with Gasteiger partial charge >= 0.3 is 5.97 Å². The zero-order valence-corrected chi connectivity index (χ0v) is 13.3. The molecule has 1 N–H and O–H groups in total. The van der Waals surface area contributed by atoms with Gasteiger partial charge in [0.2, 0.25) is 0 Å². The maximum absolute atomic E-state index is 13.2. The quantitative estimate of drug-likeness (QED) is 0.785. The molecule has 1 saturated carbocycles. The summed E-state index contributed by atoms with van der Waals surface area (Å²) in [5, 5.41) is 9.13. The number of carbonyl (C=O) groups excluding carboxylic acids is 1. The van der Waals surface area contributed by atoms with E-state index in [0.29, 0.717) is 5.56 Å². The van der Waals surface area contributed by atoms with E-state index >= 15 is 0 Å². The van der Waals surface area contributed by atoms with Crippen molar-refractivity contribution in [1.82, 2.24) is 0 Å². The highest BCUT2D eigenvalue weighted by atomic mass is 79.9. The van der Waals surface area contributed by atoms with Crippen LogP contribution in [0.2, 0.25) is 0 Å². The van der Waals surface area contributed by atoms with Crippen LogP contribution in [0.15, 0.2) is 22.7 Å². The third-order valence-electron chi connectivity index (χ3n) is 4.22. The minimum Gasteiger partial charge on any atom is -0.481 e. The topological polar surface area (TPSA) is 54.4 Å². The first-order valence-electron chi connectivity index (χ1n) is 7.12. The molecule has 0 aromatic heterocycles. The summed E-state index contributed by atoms with van der Waals surface area (Å²) in [6, 6.07) is 4.18. The number of ketones is 1. The van der Waals surface area contributed by atoms with E-state index in [2.05, 4.69) is 15.9 Å². The molecule has 114 valence electrons. The normalized spacial score (nSPS) is 17.4. The molecular weight excluding hydrogens is 339 g/mol. The van der Waals surface area contributed by atoms with Crippen LogP contribution < -0.4 is 0 Å². The van der Waals surface area contributed by atoms with Crippen LogP contribution in [0.3, 0.4) is 0 Å². The third kappa shape index (κ3) is 4.13. The van der Waals surface area contributed by atoms with Crippen molar-refractivity contribution in [3.8, 4) is 0 Å². The van der Waals surface area contributed by atoms with Crippen LogP contribution in [0.5, 0.6) is 0 Å². The summed E-state index contributed by atoms with van der Waals surface area (Å²) >= 11 is 3.07. The molecule has 0 unspecified atom stereocenters. The SMILES string of the molecule is O=C(O)CC1(CC(=O)c2ccc(F)c(Br)c2)CCCCC1. The third-order valence-corrected chi connectivity index (χ3v) is 4.83. The molecule has 2 rings (SSSR count). The minimum absolute atomic E-state index is 0.0289. The maximum atomic E-state index is 13.2. The molecule has 0 bridgehead atoms. The average Bonchev–Trinajstić information content (AvgIpc) is 2.41. The van der Waals surface area contributed by atoms with Crippen LogP contribution in [0.1, 0.15) is 55.3 Å². The molecule has 1 fully saturated rings. The second-order valence-corrected chi connectivity index (χ2v) is 6.71. The molecule has 1 aliphatic carbocycles. The number of rotatable bonds is 5. The number of carboxylic acid groups (broad SMARTS) is 1. The van der Waals surface area contributed by atoms with Crippen molar-refractivity contribution in [2.75, 3.05) is 0 Å². The van der Waals surface area contributed by atoms with Gasteiger partial charge in [0.1, 0.15) is 5.82 Å². The number of carbonyl (C=O) groups is 2. The largest absolute Gasteiger partial charge is 0.481 e. The Morgan fingerprint density at radius 3 is 2.43 bits per heavy atom. The second-order valence-electron chi connectivity index (χ2n) is 5.86. The number of hydrogen-bond acceptors (Lipinski definition) is 2. The molecule has 5 heteroatoms. The molecule has 21 heavy (non-hydrogen) atoms. The standard InChI is InChI=1S/C16H18BrFO3/c17-12-8-11(4-5-13(12)18)14(19)9-16(10-15(20)21)6-2-1-3-7-16/h4-5,8H,1-3,6-7,9-10H2,(H,20,21). The first kappa shape index (κ1) is 16.1. The van der Waals surface area contributed by atoms with Crippen LogP contribution in [0.4, 0.5) is 4.39 Å². The molecule has 1 aromatic carbocycles. The van der Waals surface area contributed by atoms with Crippen molar-refractivity contribution < 1.29 is 19.1 Å². The average molecular weight is 357 g/mol. The van der Waals surface area contributed by atoms with Crippen molar-refractivity contribution >= 4 is 27.7 Å². The Hall–Kier alpha value is -1.23. The lowest BCUT2D eigenvalue weighted by Crippen LogP contribution is -2.30. The summed E-state index contributed by atoms with van der Waals surface area (Å²) in [5.41, 5.74) is -0.0132. The lowest BCUT2D eigenvalue weighted by atomic mass is 9.68. The van der Waals surface area contributed by atoms with Crippen molar-refractivity contribution in [3.63, 3.8) is 0 Å². The number of benzene rings is 1. The highest BCUT2D eigenvalue weighted by molar-refractivity contribution is 9.10. The Kier molecular flexibility index (Phi) is 5.14. The number of Topliss-reactive ketones (excluding diaryl/α,β-unsaturated/α-hetero) is 1. The highest BCUT2D eigenvalue weighted by Crippen LogP contribution is 2.43. The van der Waals surface area contributed by atoms with E-state index in [1.807, 2.05) is 0 Å². The molecular formula is C16H18BrFO3. The van der Waals surface area contributed by atoms with Gasteiger partial charge in [0.05, 0.1) is 10.9 Å². The first-order valence-corrected chi connectivity index (χ1v) is 7.91. The Bertz CT molecular complexity index is 550. The fourth-order valence-corrected chi connectivity index (χ4v) is 3.53. The molecule has 0 atom stereocenters. The van der Waals surface area contributed by atoms with E-state index in [1.54, 1.807) is 0 Å². The van der Waals surface area contributed by atoms with Gasteiger partial charge in [-0.25, -0.2) is 4.39 Å². The monoisotopic (exact) mass is 356 g/mol. The first-order chi connectivity index (χ1) is 9.92. The fourth-order valence-electron chi connectivity index (χ4n) is 3.15. The summed E-state index contributed by atoms with van der Waals surface area (Å²) < 4.78 is 13.5. The molecule has 0 saturated heterocycles. The van der Waals surface area contributed by atoms with E-state index < -0.39 is 17.2 Å². The lowest BCUT2D eigenvalue weighted by molar-refractivity contribution is -0.140. The Labute approximate surface area is 131 Å². The molecule has 0 aliphatic heterocycles. The van der Waals surface area contributed by atoms with Crippen LogP contribution in [0, 0.1) is 11.2 Å². The van der Waals surface area contributed by atoms with Gasteiger partial charge in [0, 0.05) is 12.0 Å². The summed E-state index contributed by atoms with van der Waals surface area (Å²) in [5.74, 6) is -1.38. The zero-order valence-electron chi connectivity index (χ0n) is 11.7. The second kappa shape index (κ2) is 6.69. The fraction of sp³-hybridized carbons (Fsp3) is 0.500. The number of halogens is 2. The van der Waals surface area contributed by atoms with E-state index in [1.165, 1.54) is 18.2 Å². The highest BCUT2D eigenvalue weighted by Gasteiger charge is 2.36. The zero-order chi connectivity index (χ0) is 15.5. The molecule has 0 radical (unpaired) electrons. The molecule has 0 spiro atoms. The van der Waals surface area contributed by atoms with Gasteiger partial charge in [-0.3, -0.25) is 9.59 Å². The van der Waals surface area contributed by atoms with Gasteiger partial charge in [0.15, 0.2) is 5.78 Å². The van der Waals surface area contributed by atoms with Gasteiger partial charge in [-0.15, -0.1) is 0 Å². The van der Waals surface area contributed by atoms with Gasteiger partial charge in [0.25, 0.3) is 0 Å². The summed E-state index contributed by atoms with van der Waals surface area (Å²) in [6.07, 6.45) is 4.82. The van der Waals surface area contributed by atoms with E-state index in [-0.39, 0.29) is 23.1 Å². The van der Waals surface area contributed by atoms with E-state index in [0.717, 1.165) is 32.1 Å². The Morgan fingerprint density at radius 1 is 1.19 bits per heavy atom. The summed E-state index contributed by atoms with van der Waals surface area (Å²) in [6.45, 7) is 0. The van der Waals surface area contributed by atoms with Crippen LogP contribution in [0.25, 0.3) is 0 Å². The van der Waals surface area contributed by atoms with Gasteiger partial charge in [-0.2, -0.15) is 0 Å². The van der Waals surface area contributed by atoms with Crippen LogP contribution in [-0.4, -0.2) is 16.9 Å². The van der Waals surface area contributed by atoms with E-state index in [4.69, 9.17) is 5.11 Å². The molecule has 0 amide bonds. The molecule has 1 aliphatic rings. The molecule has 3 nitrogen and oxygen atoms in total. The maximum Gasteiger partial charge on any atom is 0.303 e. The van der Waals surface area contributed by atoms with Crippen molar-refractivity contribution in [1.29, 1.82) is 0 Å². The Morgan fingerprint density at radius 2 is 1.86 bits per heavy atom. The van der Waals surface area contributed by atoms with Crippen molar-refractivity contribution in [2.45, 2.75) is 44.9 Å². The predicted octanol–water partition coefficient (Wildman–Crippen LogP) is 4.59. The number of carboxylic acids is 1. The number of hydrogen-bond donors (Lipinski definition) is 1. The Balaban J connectivity index is 2.17. The van der Waals surface area contributed by atoms with Crippen LogP contribution in [-0.2, 0) is 4.79 Å². The van der Waals surface area contributed by atoms with Crippen molar-refractivity contribution in [3.05, 3.63) is 34.1 Å². The van der Waals surface area contributed by atoms with Gasteiger partial charge in [-0.1, -0.05) is 19.3 Å². The van der Waals surface area contributed by atoms with Crippen LogP contribution >= 0.6 is 15.9 Å². The van der Waals surface area contributed by atoms with E-state index in [9.17, 15) is 14.0 Å². The predicted molar refractivity (Wildman–Crippen MR) is 80.8 cm³/mol. The molecule has 0 heterocycles. The number of aliphatic carboxylic acids is 1. The summed E-state index contributed by atoms with van der Waals surface area (Å²) in [7, 11) is 0. The molecule has 1 aromatic rings. The lowest BCUT2D eigenvalue weighted by Gasteiger charge is -2.35.